The largest absolute Gasteiger partial charge is 0.443 e. The second-order valence-corrected chi connectivity index (χ2v) is 6.40. The summed E-state index contributed by atoms with van der Waals surface area (Å²) in [6.45, 7) is 5.50. The fourth-order valence-electron chi connectivity index (χ4n) is 1.55. The molecule has 0 spiro atoms. The summed E-state index contributed by atoms with van der Waals surface area (Å²) in [5.41, 5.74) is 0.176. The van der Waals surface area contributed by atoms with E-state index in [1.165, 1.54) is 4.57 Å². The molecule has 0 atom stereocenters. The molecule has 2 aromatic rings. The summed E-state index contributed by atoms with van der Waals surface area (Å²) < 4.78 is 8.10. The minimum absolute atomic E-state index is 0.415. The van der Waals surface area contributed by atoms with Gasteiger partial charge in [0.1, 0.15) is 14.8 Å². The Balaban J connectivity index is 2.50. The molecular formula is C12H12Br2N2O2. The standard InChI is InChI=1S/C12H12Br2N2O2/c1-12(2,3)18-11(17)16-5-4-7-6-8(13)15-10(14)9(7)16/h4-6H,1-3H3. The van der Waals surface area contributed by atoms with Crippen LogP contribution in [0.25, 0.3) is 10.9 Å². The monoisotopic (exact) mass is 374 g/mol. The number of aromatic nitrogens is 2. The molecule has 0 fully saturated rings. The SMILES string of the molecule is CC(C)(C)OC(=O)n1ccc2cc(Br)nc(Br)c21. The summed E-state index contributed by atoms with van der Waals surface area (Å²) in [6, 6.07) is 3.69. The van der Waals surface area contributed by atoms with E-state index in [2.05, 4.69) is 36.8 Å². The molecule has 6 heteroatoms. The van der Waals surface area contributed by atoms with Gasteiger partial charge in [-0.3, -0.25) is 0 Å². The Morgan fingerprint density at radius 3 is 2.67 bits per heavy atom. The van der Waals surface area contributed by atoms with E-state index in [0.717, 1.165) is 5.39 Å². The van der Waals surface area contributed by atoms with Gasteiger partial charge in [0.25, 0.3) is 0 Å². The number of fused-ring (bicyclic) bond motifs is 1. The fraction of sp³-hybridized carbons (Fsp3) is 0.333. The van der Waals surface area contributed by atoms with E-state index in [4.69, 9.17) is 4.74 Å². The van der Waals surface area contributed by atoms with E-state index >= 15 is 0 Å². The van der Waals surface area contributed by atoms with Gasteiger partial charge in [-0.2, -0.15) is 0 Å². The summed E-state index contributed by atoms with van der Waals surface area (Å²) in [7, 11) is 0. The first kappa shape index (κ1) is 13.5. The molecule has 0 bridgehead atoms. The Morgan fingerprint density at radius 2 is 2.06 bits per heavy atom. The van der Waals surface area contributed by atoms with Gasteiger partial charge in [0.05, 0.1) is 5.52 Å². The molecule has 0 amide bonds. The molecule has 0 aliphatic carbocycles. The smallest absolute Gasteiger partial charge is 0.419 e. The first-order chi connectivity index (χ1) is 8.28. The second-order valence-electron chi connectivity index (χ2n) is 4.84. The quantitative estimate of drug-likeness (QED) is 0.643. The van der Waals surface area contributed by atoms with Crippen molar-refractivity contribution in [2.75, 3.05) is 0 Å². The number of carbonyl (C=O) groups is 1. The van der Waals surface area contributed by atoms with Gasteiger partial charge >= 0.3 is 6.09 Å². The Morgan fingerprint density at radius 1 is 1.39 bits per heavy atom. The maximum atomic E-state index is 12.1. The highest BCUT2D eigenvalue weighted by Crippen LogP contribution is 2.27. The second kappa shape index (κ2) is 4.66. The van der Waals surface area contributed by atoms with Crippen LogP contribution in [-0.2, 0) is 4.74 Å². The van der Waals surface area contributed by atoms with Gasteiger partial charge in [-0.1, -0.05) is 0 Å². The van der Waals surface area contributed by atoms with E-state index in [9.17, 15) is 4.79 Å². The Hall–Kier alpha value is -0.880. The lowest BCUT2D eigenvalue weighted by molar-refractivity contribution is 0.0544. The van der Waals surface area contributed by atoms with Crippen LogP contribution in [0.3, 0.4) is 0 Å². The highest BCUT2D eigenvalue weighted by atomic mass is 79.9. The summed E-state index contributed by atoms with van der Waals surface area (Å²) >= 11 is 6.67. The average molecular weight is 376 g/mol. The van der Waals surface area contributed by atoms with E-state index in [1.807, 2.05) is 32.9 Å². The first-order valence-corrected chi connectivity index (χ1v) is 6.93. The molecule has 2 aromatic heterocycles. The van der Waals surface area contributed by atoms with Crippen LogP contribution in [-0.4, -0.2) is 21.2 Å². The first-order valence-electron chi connectivity index (χ1n) is 5.34. The Kier molecular flexibility index (Phi) is 3.51. The summed E-state index contributed by atoms with van der Waals surface area (Å²) in [4.78, 5) is 16.3. The number of nitrogens with zero attached hydrogens (tertiary/aromatic N) is 2. The Bertz CT molecular complexity index is 614. The average Bonchev–Trinajstić information content (AvgIpc) is 2.58. The highest BCUT2D eigenvalue weighted by molar-refractivity contribution is 9.11. The molecule has 2 rings (SSSR count). The van der Waals surface area contributed by atoms with Crippen LogP contribution < -0.4 is 0 Å². The number of rotatable bonds is 0. The van der Waals surface area contributed by atoms with Crippen LogP contribution in [0.1, 0.15) is 20.8 Å². The summed E-state index contributed by atoms with van der Waals surface area (Å²) in [6.07, 6.45) is 1.26. The number of ether oxygens (including phenoxy) is 1. The Labute approximate surface area is 122 Å². The lowest BCUT2D eigenvalue weighted by atomic mass is 10.2. The van der Waals surface area contributed by atoms with Crippen molar-refractivity contribution in [3.05, 3.63) is 27.5 Å². The number of hydrogen-bond donors (Lipinski definition) is 0. The maximum Gasteiger partial charge on any atom is 0.419 e. The van der Waals surface area contributed by atoms with Crippen molar-refractivity contribution in [1.82, 2.24) is 9.55 Å². The molecule has 0 radical (unpaired) electrons. The lowest BCUT2D eigenvalue weighted by Gasteiger charge is -2.19. The molecule has 18 heavy (non-hydrogen) atoms. The van der Waals surface area contributed by atoms with Gasteiger partial charge in [-0.25, -0.2) is 14.3 Å². The third-order valence-electron chi connectivity index (χ3n) is 2.18. The number of halogens is 2. The van der Waals surface area contributed by atoms with Crippen LogP contribution >= 0.6 is 31.9 Å². The van der Waals surface area contributed by atoms with Crippen LogP contribution in [0.4, 0.5) is 4.79 Å². The van der Waals surface area contributed by atoms with Gasteiger partial charge < -0.3 is 4.74 Å². The molecule has 0 N–H and O–H groups in total. The van der Waals surface area contributed by atoms with Crippen LogP contribution in [0.2, 0.25) is 0 Å². The predicted molar refractivity (Wildman–Crippen MR) is 76.8 cm³/mol. The summed E-state index contributed by atoms with van der Waals surface area (Å²) in [5, 5.41) is 0.912. The van der Waals surface area contributed by atoms with Crippen molar-refractivity contribution in [1.29, 1.82) is 0 Å². The molecule has 4 nitrogen and oxygen atoms in total. The number of hydrogen-bond acceptors (Lipinski definition) is 3. The normalized spacial score (nSPS) is 11.8. The minimum Gasteiger partial charge on any atom is -0.443 e. The van der Waals surface area contributed by atoms with Gasteiger partial charge in [0.15, 0.2) is 0 Å². The van der Waals surface area contributed by atoms with Gasteiger partial charge in [-0.15, -0.1) is 0 Å². The third-order valence-corrected chi connectivity index (χ3v) is 3.14. The predicted octanol–water partition coefficient (Wildman–Crippen LogP) is 4.34. The summed E-state index contributed by atoms with van der Waals surface area (Å²) in [5.74, 6) is 0. The molecule has 0 aliphatic rings. The van der Waals surface area contributed by atoms with Crippen molar-refractivity contribution in [3.8, 4) is 0 Å². The van der Waals surface area contributed by atoms with Crippen molar-refractivity contribution < 1.29 is 9.53 Å². The van der Waals surface area contributed by atoms with Gasteiger partial charge in [-0.05, 0) is 64.8 Å². The van der Waals surface area contributed by atoms with Crippen LogP contribution in [0.15, 0.2) is 27.5 Å². The van der Waals surface area contributed by atoms with Crippen LogP contribution in [0.5, 0.6) is 0 Å². The van der Waals surface area contributed by atoms with Crippen LogP contribution in [0, 0.1) is 0 Å². The zero-order valence-electron chi connectivity index (χ0n) is 10.2. The third kappa shape index (κ3) is 2.75. The van der Waals surface area contributed by atoms with Crippen molar-refractivity contribution >= 4 is 48.9 Å². The van der Waals surface area contributed by atoms with Crippen molar-refractivity contribution in [2.24, 2.45) is 0 Å². The van der Waals surface area contributed by atoms with Gasteiger partial charge in [0, 0.05) is 11.6 Å². The minimum atomic E-state index is -0.525. The molecule has 96 valence electrons. The molecule has 0 saturated heterocycles. The lowest BCUT2D eigenvalue weighted by Crippen LogP contribution is -2.26. The molecule has 2 heterocycles. The molecule has 0 unspecified atom stereocenters. The molecule has 0 aromatic carbocycles. The maximum absolute atomic E-state index is 12.1. The highest BCUT2D eigenvalue weighted by Gasteiger charge is 2.20. The van der Waals surface area contributed by atoms with E-state index in [-0.39, 0.29) is 0 Å². The number of pyridine rings is 1. The van der Waals surface area contributed by atoms with Crippen molar-refractivity contribution in [2.45, 2.75) is 26.4 Å². The van der Waals surface area contributed by atoms with Gasteiger partial charge in [0.2, 0.25) is 0 Å². The zero-order chi connectivity index (χ0) is 13.5. The molecular weight excluding hydrogens is 364 g/mol. The topological polar surface area (TPSA) is 44.1 Å². The zero-order valence-corrected chi connectivity index (χ0v) is 13.4. The molecule has 0 aliphatic heterocycles. The fourth-order valence-corrected chi connectivity index (χ4v) is 2.83. The van der Waals surface area contributed by atoms with Crippen molar-refractivity contribution in [3.63, 3.8) is 0 Å². The van der Waals surface area contributed by atoms with E-state index in [0.29, 0.717) is 14.7 Å². The molecule has 0 saturated carbocycles. The van der Waals surface area contributed by atoms with E-state index in [1.54, 1.807) is 6.20 Å². The van der Waals surface area contributed by atoms with E-state index < -0.39 is 11.7 Å². The number of carbonyl (C=O) groups excluding carboxylic acids is 1.